The first-order chi connectivity index (χ1) is 7.65. The second-order valence-electron chi connectivity index (χ2n) is 3.95. The molecule has 1 aliphatic heterocycles. The summed E-state index contributed by atoms with van der Waals surface area (Å²) in [6.07, 6.45) is 0.873. The summed E-state index contributed by atoms with van der Waals surface area (Å²) in [5, 5.41) is 9.75. The van der Waals surface area contributed by atoms with E-state index in [2.05, 4.69) is 15.7 Å². The van der Waals surface area contributed by atoms with Crippen LogP contribution in [-0.2, 0) is 11.8 Å². The van der Waals surface area contributed by atoms with Gasteiger partial charge in [0.2, 0.25) is 0 Å². The van der Waals surface area contributed by atoms with Gasteiger partial charge in [-0.1, -0.05) is 0 Å². The van der Waals surface area contributed by atoms with Gasteiger partial charge in [0.15, 0.2) is 0 Å². The third-order valence-corrected chi connectivity index (χ3v) is 2.51. The smallest absolute Gasteiger partial charge is 0.320 e. The minimum atomic E-state index is -0.210. The van der Waals surface area contributed by atoms with Gasteiger partial charge in [-0.15, -0.1) is 0 Å². The summed E-state index contributed by atoms with van der Waals surface area (Å²) in [5.74, 6) is 0.689. The van der Waals surface area contributed by atoms with Gasteiger partial charge in [0.1, 0.15) is 5.82 Å². The highest BCUT2D eigenvalue weighted by Crippen LogP contribution is 2.08. The molecular weight excluding hydrogens is 208 g/mol. The average molecular weight is 224 g/mol. The van der Waals surface area contributed by atoms with Gasteiger partial charge in [0, 0.05) is 19.7 Å². The highest BCUT2D eigenvalue weighted by atomic mass is 16.5. The van der Waals surface area contributed by atoms with Crippen LogP contribution < -0.4 is 10.6 Å². The monoisotopic (exact) mass is 224 g/mol. The van der Waals surface area contributed by atoms with E-state index in [1.54, 1.807) is 11.7 Å². The lowest BCUT2D eigenvalue weighted by Crippen LogP contribution is -2.38. The van der Waals surface area contributed by atoms with E-state index in [4.69, 9.17) is 4.74 Å². The van der Waals surface area contributed by atoms with Crippen molar-refractivity contribution in [2.75, 3.05) is 18.5 Å². The van der Waals surface area contributed by atoms with Gasteiger partial charge in [-0.05, 0) is 13.3 Å². The Balaban J connectivity index is 1.89. The molecule has 1 atom stereocenters. The number of hydrogen-bond donors (Lipinski definition) is 2. The van der Waals surface area contributed by atoms with Crippen molar-refractivity contribution >= 4 is 11.8 Å². The molecule has 2 amide bonds. The Kier molecular flexibility index (Phi) is 3.09. The fraction of sp³-hybridized carbons (Fsp3) is 0.600. The molecule has 1 unspecified atom stereocenters. The van der Waals surface area contributed by atoms with E-state index < -0.39 is 0 Å². The molecule has 2 heterocycles. The molecule has 0 spiro atoms. The summed E-state index contributed by atoms with van der Waals surface area (Å²) < 4.78 is 6.81. The molecule has 1 saturated heterocycles. The number of urea groups is 1. The second-order valence-corrected chi connectivity index (χ2v) is 3.95. The molecule has 1 aliphatic rings. The summed E-state index contributed by atoms with van der Waals surface area (Å²) in [6.45, 7) is 3.20. The Morgan fingerprint density at radius 1 is 1.69 bits per heavy atom. The number of amides is 2. The van der Waals surface area contributed by atoms with Crippen molar-refractivity contribution in [2.24, 2.45) is 7.05 Å². The number of anilines is 1. The maximum absolute atomic E-state index is 11.6. The van der Waals surface area contributed by atoms with Crippen molar-refractivity contribution in [1.29, 1.82) is 0 Å². The molecule has 0 bridgehead atoms. The lowest BCUT2D eigenvalue weighted by molar-refractivity contribution is 0.189. The van der Waals surface area contributed by atoms with E-state index in [0.29, 0.717) is 12.4 Å². The van der Waals surface area contributed by atoms with E-state index in [0.717, 1.165) is 18.7 Å². The van der Waals surface area contributed by atoms with E-state index in [1.807, 2.05) is 13.0 Å². The highest BCUT2D eigenvalue weighted by Gasteiger charge is 2.18. The number of carbonyl (C=O) groups excluding carboxylic acids is 1. The molecule has 1 fully saturated rings. The number of aryl methyl sites for hydroxylation is 2. The van der Waals surface area contributed by atoms with Crippen molar-refractivity contribution in [1.82, 2.24) is 15.1 Å². The Labute approximate surface area is 94.0 Å². The number of nitrogens with one attached hydrogen (secondary N) is 2. The van der Waals surface area contributed by atoms with Gasteiger partial charge in [-0.3, -0.25) is 10.00 Å². The molecule has 6 nitrogen and oxygen atoms in total. The van der Waals surface area contributed by atoms with Crippen LogP contribution in [0.15, 0.2) is 6.07 Å². The molecule has 1 aromatic rings. The largest absolute Gasteiger partial charge is 0.379 e. The molecule has 0 radical (unpaired) electrons. The summed E-state index contributed by atoms with van der Waals surface area (Å²) >= 11 is 0. The number of rotatable bonds is 2. The minimum Gasteiger partial charge on any atom is -0.379 e. The van der Waals surface area contributed by atoms with E-state index in [9.17, 15) is 4.79 Å². The molecular formula is C10H16N4O2. The van der Waals surface area contributed by atoms with Crippen molar-refractivity contribution in [3.05, 3.63) is 11.8 Å². The van der Waals surface area contributed by atoms with Gasteiger partial charge in [-0.2, -0.15) is 5.10 Å². The van der Waals surface area contributed by atoms with Gasteiger partial charge < -0.3 is 10.1 Å². The Bertz CT molecular complexity index is 382. The minimum absolute atomic E-state index is 0.120. The van der Waals surface area contributed by atoms with Crippen LogP contribution in [0.5, 0.6) is 0 Å². The molecule has 88 valence electrons. The van der Waals surface area contributed by atoms with Crippen molar-refractivity contribution in [2.45, 2.75) is 19.4 Å². The van der Waals surface area contributed by atoms with Crippen LogP contribution in [0.25, 0.3) is 0 Å². The van der Waals surface area contributed by atoms with Crippen LogP contribution in [-0.4, -0.2) is 35.1 Å². The standard InChI is InChI=1S/C10H16N4O2/c1-7-5-9(14(2)13-7)12-10(15)11-8-3-4-16-6-8/h5,8H,3-4,6H2,1-2H3,(H2,11,12,15). The van der Waals surface area contributed by atoms with Crippen LogP contribution in [0.2, 0.25) is 0 Å². The average Bonchev–Trinajstić information content (AvgIpc) is 2.78. The van der Waals surface area contributed by atoms with Crippen LogP contribution in [0.1, 0.15) is 12.1 Å². The molecule has 1 aromatic heterocycles. The molecule has 2 rings (SSSR count). The Morgan fingerprint density at radius 2 is 2.50 bits per heavy atom. The molecule has 0 saturated carbocycles. The highest BCUT2D eigenvalue weighted by molar-refractivity contribution is 5.88. The van der Waals surface area contributed by atoms with E-state index in [1.165, 1.54) is 0 Å². The summed E-state index contributed by atoms with van der Waals surface area (Å²) in [4.78, 5) is 11.6. The van der Waals surface area contributed by atoms with Gasteiger partial charge in [-0.25, -0.2) is 4.79 Å². The first-order valence-electron chi connectivity index (χ1n) is 5.31. The van der Waals surface area contributed by atoms with Crippen LogP contribution in [0, 0.1) is 6.92 Å². The lowest BCUT2D eigenvalue weighted by atomic mass is 10.3. The third-order valence-electron chi connectivity index (χ3n) is 2.51. The summed E-state index contributed by atoms with van der Waals surface area (Å²) in [6, 6.07) is 1.73. The predicted octanol–water partition coefficient (Wildman–Crippen LogP) is 0.639. The maximum Gasteiger partial charge on any atom is 0.320 e. The van der Waals surface area contributed by atoms with Crippen LogP contribution in [0.4, 0.5) is 10.6 Å². The number of nitrogens with zero attached hydrogens (tertiary/aromatic N) is 2. The SMILES string of the molecule is Cc1cc(NC(=O)NC2CCOC2)n(C)n1. The first kappa shape index (κ1) is 10.9. The fourth-order valence-electron chi connectivity index (χ4n) is 1.71. The number of hydrogen-bond acceptors (Lipinski definition) is 3. The number of aromatic nitrogens is 2. The molecule has 0 aliphatic carbocycles. The van der Waals surface area contributed by atoms with Crippen molar-refractivity contribution in [3.63, 3.8) is 0 Å². The zero-order chi connectivity index (χ0) is 11.5. The fourth-order valence-corrected chi connectivity index (χ4v) is 1.71. The summed E-state index contributed by atoms with van der Waals surface area (Å²) in [5.41, 5.74) is 0.877. The summed E-state index contributed by atoms with van der Waals surface area (Å²) in [7, 11) is 1.79. The van der Waals surface area contributed by atoms with Crippen LogP contribution in [0.3, 0.4) is 0 Å². The second kappa shape index (κ2) is 4.52. The zero-order valence-corrected chi connectivity index (χ0v) is 9.49. The van der Waals surface area contributed by atoms with E-state index >= 15 is 0 Å². The Hall–Kier alpha value is -1.56. The molecule has 0 aromatic carbocycles. The van der Waals surface area contributed by atoms with Crippen molar-refractivity contribution in [3.8, 4) is 0 Å². The maximum atomic E-state index is 11.6. The van der Waals surface area contributed by atoms with Crippen molar-refractivity contribution < 1.29 is 9.53 Å². The predicted molar refractivity (Wildman–Crippen MR) is 59.3 cm³/mol. The third kappa shape index (κ3) is 2.52. The van der Waals surface area contributed by atoms with E-state index in [-0.39, 0.29) is 12.1 Å². The quantitative estimate of drug-likeness (QED) is 0.774. The molecule has 16 heavy (non-hydrogen) atoms. The van der Waals surface area contributed by atoms with Crippen LogP contribution >= 0.6 is 0 Å². The van der Waals surface area contributed by atoms with Gasteiger partial charge >= 0.3 is 6.03 Å². The Morgan fingerprint density at radius 3 is 3.06 bits per heavy atom. The lowest BCUT2D eigenvalue weighted by Gasteiger charge is -2.11. The normalized spacial score (nSPS) is 19.8. The molecule has 6 heteroatoms. The first-order valence-corrected chi connectivity index (χ1v) is 5.31. The zero-order valence-electron chi connectivity index (χ0n) is 9.49. The molecule has 2 N–H and O–H groups in total. The topological polar surface area (TPSA) is 68.2 Å². The number of ether oxygens (including phenoxy) is 1. The van der Waals surface area contributed by atoms with Gasteiger partial charge in [0.05, 0.1) is 18.3 Å². The number of carbonyl (C=O) groups is 1. The van der Waals surface area contributed by atoms with Gasteiger partial charge in [0.25, 0.3) is 0 Å².